The zero-order chi connectivity index (χ0) is 9.59. The molecule has 13 heavy (non-hydrogen) atoms. The fourth-order valence-electron chi connectivity index (χ4n) is 1.21. The van der Waals surface area contributed by atoms with E-state index in [0.717, 1.165) is 9.58 Å². The molecule has 2 rings (SSSR count). The highest BCUT2D eigenvalue weighted by atomic mass is 35.5. The third-order valence-corrected chi connectivity index (χ3v) is 3.99. The molecule has 1 aromatic carbocycles. The van der Waals surface area contributed by atoms with Crippen LogP contribution >= 0.6 is 34.5 Å². The maximum atomic E-state index is 13.3. The van der Waals surface area contributed by atoms with Crippen molar-refractivity contribution in [1.82, 2.24) is 0 Å². The Morgan fingerprint density at radius 1 is 1.31 bits per heavy atom. The molecule has 0 saturated heterocycles. The van der Waals surface area contributed by atoms with Gasteiger partial charge >= 0.3 is 0 Å². The molecule has 0 aliphatic carbocycles. The molecule has 0 amide bonds. The third kappa shape index (κ3) is 1.33. The van der Waals surface area contributed by atoms with Gasteiger partial charge in [0.2, 0.25) is 0 Å². The first-order valence-corrected chi connectivity index (χ1v) is 5.21. The van der Waals surface area contributed by atoms with Crippen LogP contribution in [0.25, 0.3) is 10.1 Å². The lowest BCUT2D eigenvalue weighted by atomic mass is 10.2. The molecular weight excluding hydrogens is 230 g/mol. The van der Waals surface area contributed by atoms with Crippen molar-refractivity contribution in [1.29, 1.82) is 0 Å². The van der Waals surface area contributed by atoms with Gasteiger partial charge in [-0.1, -0.05) is 23.2 Å². The topological polar surface area (TPSA) is 0 Å². The predicted molar refractivity (Wildman–Crippen MR) is 56.5 cm³/mol. The van der Waals surface area contributed by atoms with E-state index in [1.807, 2.05) is 6.92 Å². The van der Waals surface area contributed by atoms with Crippen LogP contribution in [0.5, 0.6) is 0 Å². The first-order valence-electron chi connectivity index (χ1n) is 3.64. The van der Waals surface area contributed by atoms with E-state index in [9.17, 15) is 4.39 Å². The predicted octanol–water partition coefficient (Wildman–Crippen LogP) is 4.66. The Labute approximate surface area is 88.9 Å². The zero-order valence-corrected chi connectivity index (χ0v) is 9.03. The maximum Gasteiger partial charge on any atom is 0.133 e. The van der Waals surface area contributed by atoms with Crippen molar-refractivity contribution >= 4 is 44.6 Å². The highest BCUT2D eigenvalue weighted by Crippen LogP contribution is 2.39. The Kier molecular flexibility index (Phi) is 2.22. The van der Waals surface area contributed by atoms with Crippen LogP contribution in [0, 0.1) is 12.7 Å². The number of aryl methyl sites for hydroxylation is 1. The lowest BCUT2D eigenvalue weighted by molar-refractivity contribution is 0.640. The second-order valence-electron chi connectivity index (χ2n) is 2.71. The first kappa shape index (κ1) is 9.25. The van der Waals surface area contributed by atoms with E-state index in [4.69, 9.17) is 23.2 Å². The molecule has 4 heteroatoms. The van der Waals surface area contributed by atoms with Crippen LogP contribution in [0.3, 0.4) is 0 Å². The molecule has 1 heterocycles. The summed E-state index contributed by atoms with van der Waals surface area (Å²) in [4.78, 5) is 0.892. The number of hydrogen-bond acceptors (Lipinski definition) is 1. The number of thiophene rings is 1. The average molecular weight is 235 g/mol. The van der Waals surface area contributed by atoms with Crippen molar-refractivity contribution < 1.29 is 4.39 Å². The lowest BCUT2D eigenvalue weighted by Crippen LogP contribution is -1.75. The van der Waals surface area contributed by atoms with Crippen LogP contribution < -0.4 is 0 Å². The summed E-state index contributed by atoms with van der Waals surface area (Å²) in [5.74, 6) is -0.311. The normalized spacial score (nSPS) is 11.1. The quantitative estimate of drug-likeness (QED) is 0.623. The van der Waals surface area contributed by atoms with Gasteiger partial charge in [-0.15, -0.1) is 11.3 Å². The summed E-state index contributed by atoms with van der Waals surface area (Å²) in [7, 11) is 0. The lowest BCUT2D eigenvalue weighted by Gasteiger charge is -1.94. The SMILES string of the molecule is Cc1sc2c(Cl)ccc(F)c2c1Cl. The Morgan fingerprint density at radius 2 is 2.00 bits per heavy atom. The van der Waals surface area contributed by atoms with Crippen molar-refractivity contribution in [3.8, 4) is 0 Å². The minimum absolute atomic E-state index is 0.311. The van der Waals surface area contributed by atoms with E-state index in [1.165, 1.54) is 17.4 Å². The van der Waals surface area contributed by atoms with Gasteiger partial charge in [0, 0.05) is 10.3 Å². The molecule has 0 aliphatic rings. The maximum absolute atomic E-state index is 13.3. The van der Waals surface area contributed by atoms with Crippen molar-refractivity contribution in [3.05, 3.63) is 32.9 Å². The molecule has 0 bridgehead atoms. The van der Waals surface area contributed by atoms with Crippen LogP contribution in [-0.4, -0.2) is 0 Å². The summed E-state index contributed by atoms with van der Waals surface area (Å²) in [5, 5.41) is 1.47. The van der Waals surface area contributed by atoms with Crippen molar-refractivity contribution in [2.45, 2.75) is 6.92 Å². The molecule has 1 aromatic heterocycles. The Morgan fingerprint density at radius 3 is 2.62 bits per heavy atom. The molecule has 0 nitrogen and oxygen atoms in total. The van der Waals surface area contributed by atoms with Gasteiger partial charge in [0.15, 0.2) is 0 Å². The van der Waals surface area contributed by atoms with E-state index < -0.39 is 0 Å². The van der Waals surface area contributed by atoms with Gasteiger partial charge in [-0.2, -0.15) is 0 Å². The van der Waals surface area contributed by atoms with Crippen LogP contribution in [0.15, 0.2) is 12.1 Å². The van der Waals surface area contributed by atoms with E-state index in [0.29, 0.717) is 15.4 Å². The van der Waals surface area contributed by atoms with E-state index in [1.54, 1.807) is 6.07 Å². The number of benzene rings is 1. The van der Waals surface area contributed by atoms with Gasteiger partial charge in [-0.3, -0.25) is 0 Å². The van der Waals surface area contributed by atoms with Crippen molar-refractivity contribution in [3.63, 3.8) is 0 Å². The number of fused-ring (bicyclic) bond motifs is 1. The van der Waals surface area contributed by atoms with Crippen LogP contribution in [0.2, 0.25) is 10.0 Å². The van der Waals surface area contributed by atoms with Crippen LogP contribution in [0.4, 0.5) is 4.39 Å². The van der Waals surface area contributed by atoms with E-state index >= 15 is 0 Å². The highest BCUT2D eigenvalue weighted by molar-refractivity contribution is 7.20. The van der Waals surface area contributed by atoms with Gasteiger partial charge in [-0.25, -0.2) is 4.39 Å². The van der Waals surface area contributed by atoms with Gasteiger partial charge in [0.05, 0.1) is 14.7 Å². The monoisotopic (exact) mass is 234 g/mol. The smallest absolute Gasteiger partial charge is 0.133 e. The minimum Gasteiger partial charge on any atom is -0.206 e. The molecule has 68 valence electrons. The molecule has 0 aliphatic heterocycles. The number of rotatable bonds is 0. The van der Waals surface area contributed by atoms with Crippen molar-refractivity contribution in [2.24, 2.45) is 0 Å². The minimum atomic E-state index is -0.311. The van der Waals surface area contributed by atoms with Gasteiger partial charge in [0.25, 0.3) is 0 Å². The summed E-state index contributed by atoms with van der Waals surface area (Å²) in [5.41, 5.74) is 0. The molecule has 0 radical (unpaired) electrons. The Bertz CT molecular complexity index is 476. The number of hydrogen-bond donors (Lipinski definition) is 0. The van der Waals surface area contributed by atoms with Gasteiger partial charge in [-0.05, 0) is 19.1 Å². The Hall–Kier alpha value is -0.310. The summed E-state index contributed by atoms with van der Waals surface area (Å²) in [6, 6.07) is 2.88. The fourth-order valence-corrected chi connectivity index (χ4v) is 2.81. The van der Waals surface area contributed by atoms with E-state index in [-0.39, 0.29) is 5.82 Å². The third-order valence-electron chi connectivity index (χ3n) is 1.84. The average Bonchev–Trinajstić information content (AvgIpc) is 2.38. The number of halogens is 3. The fraction of sp³-hybridized carbons (Fsp3) is 0.111. The molecule has 0 N–H and O–H groups in total. The second-order valence-corrected chi connectivity index (χ2v) is 4.72. The molecule has 0 atom stereocenters. The van der Waals surface area contributed by atoms with E-state index in [2.05, 4.69) is 0 Å². The van der Waals surface area contributed by atoms with Crippen LogP contribution in [-0.2, 0) is 0 Å². The summed E-state index contributed by atoms with van der Waals surface area (Å²) >= 11 is 13.2. The van der Waals surface area contributed by atoms with Gasteiger partial charge < -0.3 is 0 Å². The molecule has 0 saturated carbocycles. The molecule has 0 spiro atoms. The summed E-state index contributed by atoms with van der Waals surface area (Å²) in [6.07, 6.45) is 0. The Balaban J connectivity index is 3.00. The molecule has 0 fully saturated rings. The summed E-state index contributed by atoms with van der Waals surface area (Å²) in [6.45, 7) is 1.85. The standard InChI is InChI=1S/C9H5Cl2FS/c1-4-8(11)7-6(12)3-2-5(10)9(7)13-4/h2-3H,1H3. The summed E-state index contributed by atoms with van der Waals surface area (Å²) < 4.78 is 14.0. The van der Waals surface area contributed by atoms with Crippen molar-refractivity contribution in [2.75, 3.05) is 0 Å². The molecular formula is C9H5Cl2FS. The largest absolute Gasteiger partial charge is 0.206 e. The van der Waals surface area contributed by atoms with Crippen LogP contribution in [0.1, 0.15) is 4.88 Å². The van der Waals surface area contributed by atoms with Gasteiger partial charge in [0.1, 0.15) is 5.82 Å². The molecule has 0 unspecified atom stereocenters. The second kappa shape index (κ2) is 3.12. The first-order chi connectivity index (χ1) is 6.11. The highest BCUT2D eigenvalue weighted by Gasteiger charge is 2.13. The zero-order valence-electron chi connectivity index (χ0n) is 6.70. The molecule has 2 aromatic rings.